The Kier molecular flexibility index (Phi) is 1.44. The highest BCUT2D eigenvalue weighted by Gasteiger charge is 2.23. The Morgan fingerprint density at radius 3 is 3.33 bits per heavy atom. The van der Waals surface area contributed by atoms with E-state index in [1.807, 2.05) is 0 Å². The monoisotopic (exact) mass is 126 g/mol. The fourth-order valence-corrected chi connectivity index (χ4v) is 1.83. The van der Waals surface area contributed by atoms with E-state index in [1.54, 1.807) is 0 Å². The van der Waals surface area contributed by atoms with Crippen LogP contribution in [0.5, 0.6) is 0 Å². The second kappa shape index (κ2) is 2.27. The van der Waals surface area contributed by atoms with E-state index in [9.17, 15) is 0 Å². The van der Waals surface area contributed by atoms with Crippen molar-refractivity contribution in [1.29, 1.82) is 0 Å². The van der Waals surface area contributed by atoms with E-state index in [4.69, 9.17) is 0 Å². The van der Waals surface area contributed by atoms with E-state index in [1.165, 1.54) is 39.1 Å². The van der Waals surface area contributed by atoms with Gasteiger partial charge in [-0.3, -0.25) is 0 Å². The van der Waals surface area contributed by atoms with Gasteiger partial charge in [-0.15, -0.1) is 0 Å². The Balaban J connectivity index is 1.99. The third kappa shape index (κ3) is 1.10. The summed E-state index contributed by atoms with van der Waals surface area (Å²) in [6.07, 6.45) is 1.42. The third-order valence-electron chi connectivity index (χ3n) is 2.41. The summed E-state index contributed by atoms with van der Waals surface area (Å²) < 4.78 is 0. The maximum Gasteiger partial charge on any atom is 0.0107 e. The smallest absolute Gasteiger partial charge is 0.0107 e. The zero-order valence-electron chi connectivity index (χ0n) is 5.77. The van der Waals surface area contributed by atoms with Crippen LogP contribution < -0.4 is 5.32 Å². The highest BCUT2D eigenvalue weighted by atomic mass is 15.2. The van der Waals surface area contributed by atoms with Crippen LogP contribution in [0.25, 0.3) is 0 Å². The number of nitrogens with zero attached hydrogens (tertiary/aromatic N) is 1. The van der Waals surface area contributed by atoms with Gasteiger partial charge in [0.05, 0.1) is 0 Å². The molecule has 0 aliphatic carbocycles. The van der Waals surface area contributed by atoms with Crippen LogP contribution >= 0.6 is 0 Å². The van der Waals surface area contributed by atoms with Gasteiger partial charge >= 0.3 is 0 Å². The number of fused-ring (bicyclic) bond motifs is 2. The van der Waals surface area contributed by atoms with Gasteiger partial charge in [-0.05, 0) is 25.4 Å². The minimum Gasteiger partial charge on any atom is -0.315 e. The van der Waals surface area contributed by atoms with Crippen LogP contribution in [0.3, 0.4) is 0 Å². The molecular formula is C7H14N2. The van der Waals surface area contributed by atoms with Crippen molar-refractivity contribution < 1.29 is 0 Å². The largest absolute Gasteiger partial charge is 0.315 e. The van der Waals surface area contributed by atoms with Gasteiger partial charge in [-0.25, -0.2) is 0 Å². The average Bonchev–Trinajstić information content (AvgIpc) is 2.09. The van der Waals surface area contributed by atoms with Crippen molar-refractivity contribution >= 4 is 0 Å². The van der Waals surface area contributed by atoms with Gasteiger partial charge in [0, 0.05) is 19.6 Å². The lowest BCUT2D eigenvalue weighted by molar-refractivity contribution is 0.347. The Morgan fingerprint density at radius 2 is 2.33 bits per heavy atom. The zero-order valence-corrected chi connectivity index (χ0v) is 5.77. The van der Waals surface area contributed by atoms with Crippen LogP contribution in [0.2, 0.25) is 0 Å². The van der Waals surface area contributed by atoms with Crippen LogP contribution in [-0.4, -0.2) is 37.6 Å². The predicted octanol–water partition coefficient (Wildman–Crippen LogP) is -0.0885. The first-order chi connectivity index (χ1) is 4.45. The average molecular weight is 126 g/mol. The molecule has 2 bridgehead atoms. The Morgan fingerprint density at radius 1 is 1.33 bits per heavy atom. The fraction of sp³-hybridized carbons (Fsp3) is 1.00. The molecule has 0 radical (unpaired) electrons. The quantitative estimate of drug-likeness (QED) is 0.488. The van der Waals surface area contributed by atoms with Crippen molar-refractivity contribution in [2.24, 2.45) is 5.92 Å². The molecule has 2 nitrogen and oxygen atoms in total. The molecule has 2 fully saturated rings. The minimum atomic E-state index is 0.965. The standard InChI is InChI=1S/C7H14N2/c1-3-9-4-2-8-5-7(1)6-9/h7-8H,1-6H2. The van der Waals surface area contributed by atoms with E-state index in [0.717, 1.165) is 5.92 Å². The minimum absolute atomic E-state index is 0.965. The molecule has 0 amide bonds. The van der Waals surface area contributed by atoms with E-state index >= 15 is 0 Å². The van der Waals surface area contributed by atoms with Crippen molar-refractivity contribution in [2.45, 2.75) is 6.42 Å². The van der Waals surface area contributed by atoms with Crippen molar-refractivity contribution in [1.82, 2.24) is 10.2 Å². The second-order valence-electron chi connectivity index (χ2n) is 3.16. The molecule has 2 aliphatic rings. The van der Waals surface area contributed by atoms with Gasteiger partial charge in [0.15, 0.2) is 0 Å². The molecule has 0 aromatic rings. The second-order valence-corrected chi connectivity index (χ2v) is 3.16. The summed E-state index contributed by atoms with van der Waals surface area (Å²) in [6.45, 7) is 6.45. The van der Waals surface area contributed by atoms with Gasteiger partial charge in [-0.2, -0.15) is 0 Å². The molecule has 2 heteroatoms. The van der Waals surface area contributed by atoms with Gasteiger partial charge in [0.25, 0.3) is 0 Å². The first kappa shape index (κ1) is 5.69. The predicted molar refractivity (Wildman–Crippen MR) is 37.4 cm³/mol. The molecular weight excluding hydrogens is 112 g/mol. The molecule has 9 heavy (non-hydrogen) atoms. The molecule has 2 atom stereocenters. The summed E-state index contributed by atoms with van der Waals surface area (Å²) in [5.41, 5.74) is 0. The van der Waals surface area contributed by atoms with Crippen molar-refractivity contribution in [3.8, 4) is 0 Å². The van der Waals surface area contributed by atoms with E-state index < -0.39 is 0 Å². The van der Waals surface area contributed by atoms with E-state index in [2.05, 4.69) is 10.2 Å². The SMILES string of the molecule is C1CN2CCC(CN1)C2. The van der Waals surface area contributed by atoms with Gasteiger partial charge < -0.3 is 10.2 Å². The van der Waals surface area contributed by atoms with Crippen molar-refractivity contribution in [3.63, 3.8) is 0 Å². The first-order valence-electron chi connectivity index (χ1n) is 3.88. The van der Waals surface area contributed by atoms with Crippen LogP contribution in [0.4, 0.5) is 0 Å². The number of nitrogens with one attached hydrogen (secondary N) is 1. The van der Waals surface area contributed by atoms with Crippen LogP contribution in [0.1, 0.15) is 6.42 Å². The van der Waals surface area contributed by atoms with Crippen molar-refractivity contribution in [2.75, 3.05) is 32.7 Å². The molecule has 2 heterocycles. The van der Waals surface area contributed by atoms with Gasteiger partial charge in [-0.1, -0.05) is 0 Å². The lowest BCUT2D eigenvalue weighted by Gasteiger charge is -2.11. The summed E-state index contributed by atoms with van der Waals surface area (Å²) in [6, 6.07) is 0. The Labute approximate surface area is 56.2 Å². The van der Waals surface area contributed by atoms with Gasteiger partial charge in [0.1, 0.15) is 0 Å². The Bertz CT molecular complexity index is 91.1. The highest BCUT2D eigenvalue weighted by molar-refractivity contribution is 4.80. The van der Waals surface area contributed by atoms with Crippen LogP contribution in [0, 0.1) is 5.92 Å². The number of rotatable bonds is 0. The first-order valence-corrected chi connectivity index (χ1v) is 3.88. The van der Waals surface area contributed by atoms with E-state index in [0.29, 0.717) is 0 Å². The zero-order chi connectivity index (χ0) is 6.10. The molecule has 0 spiro atoms. The topological polar surface area (TPSA) is 15.3 Å². The number of hydrogen-bond donors (Lipinski definition) is 1. The summed E-state index contributed by atoms with van der Waals surface area (Å²) in [7, 11) is 0. The highest BCUT2D eigenvalue weighted by Crippen LogP contribution is 2.15. The molecule has 2 saturated heterocycles. The molecule has 52 valence electrons. The van der Waals surface area contributed by atoms with Crippen LogP contribution in [-0.2, 0) is 0 Å². The summed E-state index contributed by atoms with van der Waals surface area (Å²) in [5.74, 6) is 0.965. The summed E-state index contributed by atoms with van der Waals surface area (Å²) in [5, 5.41) is 3.44. The third-order valence-corrected chi connectivity index (χ3v) is 2.41. The maximum absolute atomic E-state index is 3.44. The maximum atomic E-state index is 3.44. The molecule has 0 aromatic carbocycles. The Hall–Kier alpha value is -0.0800. The van der Waals surface area contributed by atoms with Crippen molar-refractivity contribution in [3.05, 3.63) is 0 Å². The molecule has 2 aliphatic heterocycles. The normalized spacial score (nSPS) is 42.7. The molecule has 2 unspecified atom stereocenters. The van der Waals surface area contributed by atoms with Gasteiger partial charge in [0.2, 0.25) is 0 Å². The summed E-state index contributed by atoms with van der Waals surface area (Å²) in [4.78, 5) is 2.56. The molecule has 2 rings (SSSR count). The lowest BCUT2D eigenvalue weighted by Crippen LogP contribution is -2.27. The molecule has 0 saturated carbocycles. The fourth-order valence-electron chi connectivity index (χ4n) is 1.83. The van der Waals surface area contributed by atoms with Crippen LogP contribution in [0.15, 0.2) is 0 Å². The molecule has 1 N–H and O–H groups in total. The number of hydrogen-bond acceptors (Lipinski definition) is 2. The van der Waals surface area contributed by atoms with E-state index in [-0.39, 0.29) is 0 Å². The molecule has 0 aromatic heterocycles. The summed E-state index contributed by atoms with van der Waals surface area (Å²) >= 11 is 0. The lowest BCUT2D eigenvalue weighted by atomic mass is 10.1.